The maximum Gasteiger partial charge on any atom is 0.419 e. The molecule has 96 valence electrons. The summed E-state index contributed by atoms with van der Waals surface area (Å²) in [6.07, 6.45) is 2.38. The lowest BCUT2D eigenvalue weighted by Crippen LogP contribution is -2.14. The van der Waals surface area contributed by atoms with Gasteiger partial charge in [-0.2, -0.15) is 0 Å². The molecular formula is C13H15NO4. The molecule has 0 spiro atoms. The van der Waals surface area contributed by atoms with Gasteiger partial charge in [-0.15, -0.1) is 0 Å². The molecule has 0 fully saturated rings. The van der Waals surface area contributed by atoms with Crippen LogP contribution in [-0.2, 0) is 11.3 Å². The number of aromatic nitrogens is 1. The molecule has 1 N–H and O–H groups in total. The molecule has 5 heteroatoms. The summed E-state index contributed by atoms with van der Waals surface area (Å²) in [6, 6.07) is 7.29. The van der Waals surface area contributed by atoms with Crippen molar-refractivity contribution in [2.24, 2.45) is 0 Å². The molecule has 0 saturated heterocycles. The minimum atomic E-state index is -0.777. The molecule has 0 atom stereocenters. The van der Waals surface area contributed by atoms with Gasteiger partial charge in [0, 0.05) is 13.0 Å². The van der Waals surface area contributed by atoms with Crippen LogP contribution in [0.25, 0.3) is 11.1 Å². The highest BCUT2D eigenvalue weighted by molar-refractivity contribution is 5.72. The lowest BCUT2D eigenvalue weighted by Gasteiger charge is -2.01. The largest absolute Gasteiger partial charge is 0.481 e. The van der Waals surface area contributed by atoms with Gasteiger partial charge in [0.05, 0.1) is 5.52 Å². The summed E-state index contributed by atoms with van der Waals surface area (Å²) in [5.74, 6) is -1.13. The zero-order valence-electron chi connectivity index (χ0n) is 9.96. The minimum absolute atomic E-state index is 0.182. The molecule has 5 nitrogen and oxygen atoms in total. The average Bonchev–Trinajstić information content (AvgIpc) is 2.65. The van der Waals surface area contributed by atoms with Crippen molar-refractivity contribution in [1.82, 2.24) is 4.57 Å². The topological polar surface area (TPSA) is 72.4 Å². The summed E-state index contributed by atoms with van der Waals surface area (Å²) in [5.41, 5.74) is 1.38. The highest BCUT2D eigenvalue weighted by Crippen LogP contribution is 2.12. The van der Waals surface area contributed by atoms with Gasteiger partial charge in [-0.1, -0.05) is 18.6 Å². The molecule has 0 bridgehead atoms. The molecule has 0 unspecified atom stereocenters. The fraction of sp³-hybridized carbons (Fsp3) is 0.385. The van der Waals surface area contributed by atoms with Gasteiger partial charge in [0.15, 0.2) is 5.58 Å². The van der Waals surface area contributed by atoms with Gasteiger partial charge in [-0.25, -0.2) is 4.79 Å². The number of carboxylic acids is 1. The molecule has 1 aromatic carbocycles. The predicted molar refractivity (Wildman–Crippen MR) is 66.6 cm³/mol. The smallest absolute Gasteiger partial charge is 0.419 e. The Morgan fingerprint density at radius 1 is 1.22 bits per heavy atom. The Hall–Kier alpha value is -2.04. The third-order valence-corrected chi connectivity index (χ3v) is 2.85. The molecule has 2 aromatic rings. The number of benzene rings is 1. The molecule has 1 aromatic heterocycles. The van der Waals surface area contributed by atoms with E-state index in [1.165, 1.54) is 0 Å². The molecule has 2 rings (SSSR count). The van der Waals surface area contributed by atoms with Crippen molar-refractivity contribution in [2.75, 3.05) is 0 Å². The molecular weight excluding hydrogens is 234 g/mol. The van der Waals surface area contributed by atoms with Crippen LogP contribution in [0.4, 0.5) is 0 Å². The Morgan fingerprint density at radius 2 is 2.00 bits per heavy atom. The van der Waals surface area contributed by atoms with Gasteiger partial charge >= 0.3 is 11.7 Å². The van der Waals surface area contributed by atoms with Crippen LogP contribution in [-0.4, -0.2) is 15.6 Å². The van der Waals surface area contributed by atoms with E-state index in [4.69, 9.17) is 9.52 Å². The second-order valence-electron chi connectivity index (χ2n) is 4.19. The Bertz CT molecular complexity index is 596. The molecule has 0 aliphatic carbocycles. The zero-order valence-corrected chi connectivity index (χ0v) is 9.96. The van der Waals surface area contributed by atoms with Crippen LogP contribution in [0.3, 0.4) is 0 Å². The first-order chi connectivity index (χ1) is 8.68. The maximum atomic E-state index is 11.6. The van der Waals surface area contributed by atoms with E-state index in [0.717, 1.165) is 18.4 Å². The van der Waals surface area contributed by atoms with Gasteiger partial charge in [0.2, 0.25) is 0 Å². The van der Waals surface area contributed by atoms with Crippen LogP contribution in [0.1, 0.15) is 25.7 Å². The van der Waals surface area contributed by atoms with E-state index < -0.39 is 5.97 Å². The van der Waals surface area contributed by atoms with Gasteiger partial charge < -0.3 is 9.52 Å². The monoisotopic (exact) mass is 249 g/mol. The maximum absolute atomic E-state index is 11.6. The molecule has 0 radical (unpaired) electrons. The average molecular weight is 249 g/mol. The number of rotatable bonds is 6. The third-order valence-electron chi connectivity index (χ3n) is 2.85. The second-order valence-corrected chi connectivity index (χ2v) is 4.19. The van der Waals surface area contributed by atoms with E-state index in [1.807, 2.05) is 18.2 Å². The van der Waals surface area contributed by atoms with Crippen LogP contribution in [0, 0.1) is 0 Å². The Morgan fingerprint density at radius 3 is 2.78 bits per heavy atom. The summed E-state index contributed by atoms with van der Waals surface area (Å²) in [6.45, 7) is 0.565. The molecule has 0 saturated carbocycles. The third kappa shape index (κ3) is 2.80. The number of aliphatic carboxylic acids is 1. The first kappa shape index (κ1) is 12.4. The summed E-state index contributed by atoms with van der Waals surface area (Å²) >= 11 is 0. The zero-order chi connectivity index (χ0) is 13.0. The van der Waals surface area contributed by atoms with E-state index in [0.29, 0.717) is 18.5 Å². The second kappa shape index (κ2) is 5.53. The number of nitrogens with zero attached hydrogens (tertiary/aromatic N) is 1. The van der Waals surface area contributed by atoms with Crippen molar-refractivity contribution in [3.05, 3.63) is 34.8 Å². The number of oxazole rings is 1. The van der Waals surface area contributed by atoms with E-state index in [9.17, 15) is 9.59 Å². The number of hydrogen-bond acceptors (Lipinski definition) is 3. The van der Waals surface area contributed by atoms with Crippen LogP contribution in [0.2, 0.25) is 0 Å². The van der Waals surface area contributed by atoms with Crippen molar-refractivity contribution in [1.29, 1.82) is 0 Å². The number of fused-ring (bicyclic) bond motifs is 1. The van der Waals surface area contributed by atoms with E-state index in [1.54, 1.807) is 10.6 Å². The van der Waals surface area contributed by atoms with Gasteiger partial charge in [0.1, 0.15) is 0 Å². The number of carbonyl (C=O) groups is 1. The van der Waals surface area contributed by atoms with Crippen molar-refractivity contribution in [2.45, 2.75) is 32.2 Å². The number of para-hydroxylation sites is 2. The first-order valence-corrected chi connectivity index (χ1v) is 5.98. The van der Waals surface area contributed by atoms with Crippen LogP contribution >= 0.6 is 0 Å². The predicted octanol–water partition coefficient (Wildman–Crippen LogP) is 2.24. The quantitative estimate of drug-likeness (QED) is 0.797. The van der Waals surface area contributed by atoms with Crippen molar-refractivity contribution in [3.8, 4) is 0 Å². The fourth-order valence-electron chi connectivity index (χ4n) is 1.95. The summed E-state index contributed by atoms with van der Waals surface area (Å²) < 4.78 is 6.70. The number of unbranched alkanes of at least 4 members (excludes halogenated alkanes) is 2. The van der Waals surface area contributed by atoms with Gasteiger partial charge in [-0.3, -0.25) is 9.36 Å². The Balaban J connectivity index is 1.97. The highest BCUT2D eigenvalue weighted by atomic mass is 16.4. The normalized spacial score (nSPS) is 10.9. The molecule has 1 heterocycles. The number of hydrogen-bond donors (Lipinski definition) is 1. The molecule has 0 aliphatic heterocycles. The van der Waals surface area contributed by atoms with Crippen LogP contribution in [0.5, 0.6) is 0 Å². The van der Waals surface area contributed by atoms with Gasteiger partial charge in [-0.05, 0) is 25.0 Å². The lowest BCUT2D eigenvalue weighted by atomic mass is 10.2. The van der Waals surface area contributed by atoms with E-state index in [2.05, 4.69) is 0 Å². The summed E-state index contributed by atoms with van der Waals surface area (Å²) in [7, 11) is 0. The molecule has 0 aliphatic rings. The van der Waals surface area contributed by atoms with Crippen LogP contribution in [0.15, 0.2) is 33.5 Å². The van der Waals surface area contributed by atoms with E-state index in [-0.39, 0.29) is 12.2 Å². The Labute approximate surface area is 104 Å². The SMILES string of the molecule is O=C(O)CCCCCn1c(=O)oc2ccccc21. The van der Waals surface area contributed by atoms with Crippen molar-refractivity contribution < 1.29 is 14.3 Å². The minimum Gasteiger partial charge on any atom is -0.481 e. The van der Waals surface area contributed by atoms with E-state index >= 15 is 0 Å². The number of aryl methyl sites for hydroxylation is 1. The highest BCUT2D eigenvalue weighted by Gasteiger charge is 2.07. The summed E-state index contributed by atoms with van der Waals surface area (Å²) in [4.78, 5) is 22.0. The Kier molecular flexibility index (Phi) is 3.82. The fourth-order valence-corrected chi connectivity index (χ4v) is 1.95. The lowest BCUT2D eigenvalue weighted by molar-refractivity contribution is -0.137. The summed E-state index contributed by atoms with van der Waals surface area (Å²) in [5, 5.41) is 8.51. The number of carboxylic acid groups (broad SMARTS) is 1. The van der Waals surface area contributed by atoms with Crippen molar-refractivity contribution >= 4 is 17.1 Å². The first-order valence-electron chi connectivity index (χ1n) is 5.98. The molecule has 18 heavy (non-hydrogen) atoms. The standard InChI is InChI=1S/C13H15NO4/c15-12(16)8-2-1-5-9-14-10-6-3-4-7-11(10)18-13(14)17/h3-4,6-7H,1-2,5,8-9H2,(H,15,16). The van der Waals surface area contributed by atoms with Crippen LogP contribution < -0.4 is 5.76 Å². The van der Waals surface area contributed by atoms with Crippen molar-refractivity contribution in [3.63, 3.8) is 0 Å². The molecule has 0 amide bonds. The van der Waals surface area contributed by atoms with Gasteiger partial charge in [0.25, 0.3) is 0 Å².